The van der Waals surface area contributed by atoms with Gasteiger partial charge in [-0.25, -0.2) is 4.68 Å². The average Bonchev–Trinajstić information content (AvgIpc) is 3.54. The van der Waals surface area contributed by atoms with Gasteiger partial charge in [0, 0.05) is 26.2 Å². The highest BCUT2D eigenvalue weighted by molar-refractivity contribution is 5.96. The summed E-state index contributed by atoms with van der Waals surface area (Å²) >= 11 is 0. The SMILES string of the molecule is CCOC(=O)C1CCCN(C(=O)CN(C)C(=O)c2cc(-c3ccco3)nn2-c2ccccc2)C1. The molecule has 1 saturated heterocycles. The lowest BCUT2D eigenvalue weighted by Crippen LogP contribution is -2.47. The molecule has 9 heteroatoms. The Kier molecular flexibility index (Phi) is 7.10. The van der Waals surface area contributed by atoms with E-state index in [1.807, 2.05) is 30.3 Å². The molecule has 1 aliphatic heterocycles. The highest BCUT2D eigenvalue weighted by Crippen LogP contribution is 2.23. The third-order valence-electron chi connectivity index (χ3n) is 5.82. The lowest BCUT2D eigenvalue weighted by Gasteiger charge is -2.32. The van der Waals surface area contributed by atoms with Gasteiger partial charge in [0.25, 0.3) is 5.91 Å². The molecule has 2 aromatic heterocycles. The van der Waals surface area contributed by atoms with E-state index in [2.05, 4.69) is 5.10 Å². The first-order chi connectivity index (χ1) is 16.5. The highest BCUT2D eigenvalue weighted by atomic mass is 16.5. The van der Waals surface area contributed by atoms with Crippen LogP contribution in [0.4, 0.5) is 0 Å². The zero-order chi connectivity index (χ0) is 24.1. The smallest absolute Gasteiger partial charge is 0.310 e. The molecule has 0 spiro atoms. The number of para-hydroxylation sites is 1. The molecule has 0 aliphatic carbocycles. The zero-order valence-corrected chi connectivity index (χ0v) is 19.3. The first kappa shape index (κ1) is 23.3. The minimum absolute atomic E-state index is 0.107. The van der Waals surface area contributed by atoms with Crippen molar-refractivity contribution in [2.75, 3.05) is 33.3 Å². The fourth-order valence-corrected chi connectivity index (χ4v) is 4.07. The Hall–Kier alpha value is -3.88. The van der Waals surface area contributed by atoms with E-state index < -0.39 is 0 Å². The molecule has 1 aromatic carbocycles. The van der Waals surface area contributed by atoms with Crippen LogP contribution in [-0.2, 0) is 14.3 Å². The van der Waals surface area contributed by atoms with E-state index in [1.54, 1.807) is 48.0 Å². The third-order valence-corrected chi connectivity index (χ3v) is 5.82. The number of esters is 1. The van der Waals surface area contributed by atoms with Crippen LogP contribution in [0.5, 0.6) is 0 Å². The quantitative estimate of drug-likeness (QED) is 0.499. The normalized spacial score (nSPS) is 15.7. The van der Waals surface area contributed by atoms with Crippen LogP contribution in [0.1, 0.15) is 30.3 Å². The number of hydrogen-bond acceptors (Lipinski definition) is 6. The summed E-state index contributed by atoms with van der Waals surface area (Å²) < 4.78 is 12.1. The van der Waals surface area contributed by atoms with Gasteiger partial charge in [-0.2, -0.15) is 5.10 Å². The number of aromatic nitrogens is 2. The van der Waals surface area contributed by atoms with Crippen LogP contribution in [0.3, 0.4) is 0 Å². The average molecular weight is 465 g/mol. The Balaban J connectivity index is 1.51. The van der Waals surface area contributed by atoms with Gasteiger partial charge in [-0.05, 0) is 44.0 Å². The van der Waals surface area contributed by atoms with Crippen LogP contribution in [0.2, 0.25) is 0 Å². The van der Waals surface area contributed by atoms with Crippen LogP contribution >= 0.6 is 0 Å². The summed E-state index contributed by atoms with van der Waals surface area (Å²) in [5.41, 5.74) is 1.55. The van der Waals surface area contributed by atoms with Crippen LogP contribution in [0, 0.1) is 5.92 Å². The van der Waals surface area contributed by atoms with Crippen molar-refractivity contribution >= 4 is 17.8 Å². The number of carbonyl (C=O) groups is 3. The fraction of sp³-hybridized carbons (Fsp3) is 0.360. The van der Waals surface area contributed by atoms with Gasteiger partial charge >= 0.3 is 5.97 Å². The van der Waals surface area contributed by atoms with Gasteiger partial charge in [0.15, 0.2) is 5.76 Å². The molecule has 0 N–H and O–H groups in total. The van der Waals surface area contributed by atoms with E-state index in [1.165, 1.54) is 4.90 Å². The topological polar surface area (TPSA) is 97.9 Å². The van der Waals surface area contributed by atoms with Crippen molar-refractivity contribution < 1.29 is 23.5 Å². The maximum atomic E-state index is 13.4. The number of amides is 2. The van der Waals surface area contributed by atoms with Crippen LogP contribution < -0.4 is 0 Å². The molecule has 0 bridgehead atoms. The van der Waals surface area contributed by atoms with Crippen molar-refractivity contribution in [3.8, 4) is 17.1 Å². The molecule has 0 radical (unpaired) electrons. The molecule has 0 saturated carbocycles. The number of benzene rings is 1. The second-order valence-corrected chi connectivity index (χ2v) is 8.23. The lowest BCUT2D eigenvalue weighted by molar-refractivity contribution is -0.151. The van der Waals surface area contributed by atoms with Crippen molar-refractivity contribution in [3.05, 3.63) is 60.5 Å². The predicted octanol–water partition coefficient (Wildman–Crippen LogP) is 3.01. The minimum Gasteiger partial charge on any atom is -0.466 e. The van der Waals surface area contributed by atoms with Gasteiger partial charge in [-0.15, -0.1) is 0 Å². The Bertz CT molecular complexity index is 1140. The van der Waals surface area contributed by atoms with Gasteiger partial charge in [0.05, 0.1) is 31.0 Å². The van der Waals surface area contributed by atoms with Gasteiger partial charge in [-0.3, -0.25) is 14.4 Å². The molecular weight excluding hydrogens is 436 g/mol. The monoisotopic (exact) mass is 464 g/mol. The van der Waals surface area contributed by atoms with Crippen molar-refractivity contribution in [3.63, 3.8) is 0 Å². The largest absolute Gasteiger partial charge is 0.466 e. The number of piperidine rings is 1. The first-order valence-electron chi connectivity index (χ1n) is 11.4. The Labute approximate surface area is 197 Å². The molecule has 4 rings (SSSR count). The standard InChI is InChI=1S/C25H28N4O5/c1-3-33-25(32)18-9-7-13-28(16-18)23(30)17-27(2)24(31)21-15-20(22-12-8-14-34-22)26-29(21)19-10-5-4-6-11-19/h4-6,8,10-12,14-15,18H,3,7,9,13,16-17H2,1-2H3. The molecule has 34 heavy (non-hydrogen) atoms. The summed E-state index contributed by atoms with van der Waals surface area (Å²) in [6.45, 7) is 2.84. The van der Waals surface area contributed by atoms with E-state index in [-0.39, 0.29) is 30.2 Å². The Morgan fingerprint density at radius 3 is 2.68 bits per heavy atom. The van der Waals surface area contributed by atoms with Crippen molar-refractivity contribution in [2.45, 2.75) is 19.8 Å². The van der Waals surface area contributed by atoms with E-state index in [4.69, 9.17) is 9.15 Å². The molecule has 178 valence electrons. The van der Waals surface area contributed by atoms with Crippen molar-refractivity contribution in [1.82, 2.24) is 19.6 Å². The maximum absolute atomic E-state index is 13.4. The van der Waals surface area contributed by atoms with Crippen LogP contribution in [-0.4, -0.2) is 70.7 Å². The minimum atomic E-state index is -0.346. The van der Waals surface area contributed by atoms with Crippen LogP contribution in [0.25, 0.3) is 17.1 Å². The molecule has 1 atom stereocenters. The van der Waals surface area contributed by atoms with Crippen molar-refractivity contribution in [2.24, 2.45) is 5.92 Å². The number of nitrogens with zero attached hydrogens (tertiary/aromatic N) is 4. The number of likely N-dealkylation sites (N-methyl/N-ethyl adjacent to an activating group) is 1. The van der Waals surface area contributed by atoms with E-state index in [0.717, 1.165) is 12.1 Å². The lowest BCUT2D eigenvalue weighted by atomic mass is 9.98. The Morgan fingerprint density at radius 1 is 1.18 bits per heavy atom. The zero-order valence-electron chi connectivity index (χ0n) is 19.3. The number of furan rings is 1. The summed E-state index contributed by atoms with van der Waals surface area (Å²) in [7, 11) is 1.59. The number of likely N-dealkylation sites (tertiary alicyclic amines) is 1. The number of ether oxygens (including phenoxy) is 1. The van der Waals surface area contributed by atoms with Gasteiger partial charge in [-0.1, -0.05) is 18.2 Å². The predicted molar refractivity (Wildman–Crippen MR) is 124 cm³/mol. The summed E-state index contributed by atoms with van der Waals surface area (Å²) in [6, 6.07) is 14.5. The van der Waals surface area contributed by atoms with E-state index >= 15 is 0 Å². The van der Waals surface area contributed by atoms with Crippen molar-refractivity contribution in [1.29, 1.82) is 0 Å². The summed E-state index contributed by atoms with van der Waals surface area (Å²) in [4.78, 5) is 41.5. The molecule has 1 aliphatic rings. The fourth-order valence-electron chi connectivity index (χ4n) is 4.07. The second kappa shape index (κ2) is 10.4. The van der Waals surface area contributed by atoms with E-state index in [0.29, 0.717) is 43.3 Å². The molecule has 3 aromatic rings. The molecule has 1 fully saturated rings. The summed E-state index contributed by atoms with van der Waals surface area (Å²) in [5.74, 6) is -0.611. The number of hydrogen-bond donors (Lipinski definition) is 0. The highest BCUT2D eigenvalue weighted by Gasteiger charge is 2.31. The third kappa shape index (κ3) is 5.03. The molecule has 1 unspecified atom stereocenters. The summed E-state index contributed by atoms with van der Waals surface area (Å²) in [5, 5.41) is 4.57. The van der Waals surface area contributed by atoms with Gasteiger partial charge in [0.1, 0.15) is 11.4 Å². The maximum Gasteiger partial charge on any atom is 0.310 e. The van der Waals surface area contributed by atoms with Gasteiger partial charge < -0.3 is 19.0 Å². The van der Waals surface area contributed by atoms with Crippen LogP contribution in [0.15, 0.2) is 59.2 Å². The first-order valence-corrected chi connectivity index (χ1v) is 11.4. The molecule has 3 heterocycles. The van der Waals surface area contributed by atoms with Gasteiger partial charge in [0.2, 0.25) is 5.91 Å². The Morgan fingerprint density at radius 2 is 1.97 bits per heavy atom. The number of carbonyl (C=O) groups excluding carboxylic acids is 3. The molecule has 2 amide bonds. The number of rotatable bonds is 7. The molecule has 9 nitrogen and oxygen atoms in total. The van der Waals surface area contributed by atoms with E-state index in [9.17, 15) is 14.4 Å². The molecular formula is C25H28N4O5. The summed E-state index contributed by atoms with van der Waals surface area (Å²) in [6.07, 6.45) is 2.97. The second-order valence-electron chi connectivity index (χ2n) is 8.23.